The Hall–Kier alpha value is -1.82. The zero-order chi connectivity index (χ0) is 12.3. The van der Waals surface area contributed by atoms with Crippen LogP contribution < -0.4 is 11.1 Å². The molecule has 88 valence electrons. The van der Waals surface area contributed by atoms with Crippen molar-refractivity contribution in [3.8, 4) is 0 Å². The van der Waals surface area contributed by atoms with E-state index in [0.29, 0.717) is 5.69 Å². The van der Waals surface area contributed by atoms with E-state index in [1.807, 2.05) is 0 Å². The van der Waals surface area contributed by atoms with Gasteiger partial charge in [0.1, 0.15) is 5.69 Å². The van der Waals surface area contributed by atoms with E-state index in [1.54, 1.807) is 19.9 Å². The Kier molecular flexibility index (Phi) is 3.68. The van der Waals surface area contributed by atoms with Crippen molar-refractivity contribution < 1.29 is 10.0 Å². The molecule has 0 aliphatic rings. The summed E-state index contributed by atoms with van der Waals surface area (Å²) >= 11 is 0. The number of benzene rings is 1. The summed E-state index contributed by atoms with van der Waals surface area (Å²) in [6, 6.07) is 3.10. The summed E-state index contributed by atoms with van der Waals surface area (Å²) in [5, 5.41) is 22.7. The molecular formula is C10H15N3O3. The number of nitro benzene ring substituents is 1. The van der Waals surface area contributed by atoms with Crippen molar-refractivity contribution in [2.75, 3.05) is 17.6 Å². The topological polar surface area (TPSA) is 101 Å². The molecule has 0 aromatic heterocycles. The van der Waals surface area contributed by atoms with Gasteiger partial charge < -0.3 is 16.2 Å². The van der Waals surface area contributed by atoms with E-state index in [4.69, 9.17) is 10.8 Å². The van der Waals surface area contributed by atoms with Gasteiger partial charge in [0.2, 0.25) is 0 Å². The van der Waals surface area contributed by atoms with Gasteiger partial charge in [-0.15, -0.1) is 0 Å². The van der Waals surface area contributed by atoms with Crippen LogP contribution in [0.4, 0.5) is 17.1 Å². The Bertz CT molecular complexity index is 405. The van der Waals surface area contributed by atoms with Gasteiger partial charge in [0, 0.05) is 12.6 Å². The van der Waals surface area contributed by atoms with Crippen molar-refractivity contribution in [3.63, 3.8) is 0 Å². The normalized spacial score (nSPS) is 12.2. The van der Waals surface area contributed by atoms with Crippen molar-refractivity contribution in [1.29, 1.82) is 0 Å². The standard InChI is InChI=1S/C10H15N3O3/c1-6-3-8(11)10(12-5-7(2)14)9(4-6)13(15)16/h3-4,7,12,14H,5,11H2,1-2H3. The fraction of sp³-hybridized carbons (Fsp3) is 0.400. The lowest BCUT2D eigenvalue weighted by atomic mass is 10.1. The van der Waals surface area contributed by atoms with Crippen molar-refractivity contribution in [2.45, 2.75) is 20.0 Å². The molecule has 0 fully saturated rings. The third-order valence-corrected chi connectivity index (χ3v) is 2.06. The van der Waals surface area contributed by atoms with Gasteiger partial charge in [-0.25, -0.2) is 0 Å². The molecular weight excluding hydrogens is 210 g/mol. The van der Waals surface area contributed by atoms with Crippen LogP contribution >= 0.6 is 0 Å². The minimum Gasteiger partial charge on any atom is -0.397 e. The fourth-order valence-corrected chi connectivity index (χ4v) is 1.38. The summed E-state index contributed by atoms with van der Waals surface area (Å²) in [5.74, 6) is 0. The molecule has 0 aliphatic heterocycles. The van der Waals surface area contributed by atoms with Gasteiger partial charge in [0.25, 0.3) is 5.69 Å². The molecule has 0 bridgehead atoms. The predicted molar refractivity (Wildman–Crippen MR) is 62.4 cm³/mol. The highest BCUT2D eigenvalue weighted by Crippen LogP contribution is 2.31. The monoisotopic (exact) mass is 225 g/mol. The number of nitrogen functional groups attached to an aromatic ring is 1. The number of rotatable bonds is 4. The molecule has 0 heterocycles. The molecule has 1 aromatic carbocycles. The molecule has 0 amide bonds. The lowest BCUT2D eigenvalue weighted by Gasteiger charge is -2.11. The maximum Gasteiger partial charge on any atom is 0.294 e. The molecule has 0 saturated heterocycles. The van der Waals surface area contributed by atoms with Crippen LogP contribution in [0.1, 0.15) is 12.5 Å². The van der Waals surface area contributed by atoms with E-state index >= 15 is 0 Å². The number of aliphatic hydroxyl groups excluding tert-OH is 1. The number of aryl methyl sites for hydroxylation is 1. The van der Waals surface area contributed by atoms with Crippen LogP contribution in [-0.2, 0) is 0 Å². The molecule has 6 heteroatoms. The van der Waals surface area contributed by atoms with Gasteiger partial charge in [-0.3, -0.25) is 10.1 Å². The number of hydrogen-bond donors (Lipinski definition) is 3. The third-order valence-electron chi connectivity index (χ3n) is 2.06. The first-order valence-electron chi connectivity index (χ1n) is 4.88. The Balaban J connectivity index is 3.09. The highest BCUT2D eigenvalue weighted by molar-refractivity contribution is 5.77. The maximum absolute atomic E-state index is 10.8. The molecule has 16 heavy (non-hydrogen) atoms. The number of nitrogens with one attached hydrogen (secondary N) is 1. The zero-order valence-corrected chi connectivity index (χ0v) is 9.23. The Morgan fingerprint density at radius 1 is 1.62 bits per heavy atom. The van der Waals surface area contributed by atoms with E-state index in [-0.39, 0.29) is 17.9 Å². The highest BCUT2D eigenvalue weighted by Gasteiger charge is 2.17. The van der Waals surface area contributed by atoms with Crippen LogP contribution in [0.3, 0.4) is 0 Å². The minimum atomic E-state index is -0.597. The van der Waals surface area contributed by atoms with E-state index in [1.165, 1.54) is 6.07 Å². The second-order valence-electron chi connectivity index (χ2n) is 3.74. The number of anilines is 2. The summed E-state index contributed by atoms with van der Waals surface area (Å²) in [5.41, 5.74) is 6.93. The summed E-state index contributed by atoms with van der Waals surface area (Å²) in [6.07, 6.45) is -0.597. The van der Waals surface area contributed by atoms with Gasteiger partial charge in [-0.1, -0.05) is 0 Å². The summed E-state index contributed by atoms with van der Waals surface area (Å²) in [4.78, 5) is 10.3. The minimum absolute atomic E-state index is 0.0712. The largest absolute Gasteiger partial charge is 0.397 e. The van der Waals surface area contributed by atoms with Crippen LogP contribution in [0, 0.1) is 17.0 Å². The SMILES string of the molecule is Cc1cc(N)c(NCC(C)O)c([N+](=O)[O-])c1. The fourth-order valence-electron chi connectivity index (χ4n) is 1.38. The predicted octanol–water partition coefficient (Wildman–Crippen LogP) is 1.28. The first kappa shape index (κ1) is 12.3. The number of nitro groups is 1. The molecule has 1 rings (SSSR count). The quantitative estimate of drug-likeness (QED) is 0.407. The molecule has 4 N–H and O–H groups in total. The zero-order valence-electron chi connectivity index (χ0n) is 9.23. The van der Waals surface area contributed by atoms with Gasteiger partial charge >= 0.3 is 0 Å². The second-order valence-corrected chi connectivity index (χ2v) is 3.74. The van der Waals surface area contributed by atoms with Crippen molar-refractivity contribution in [3.05, 3.63) is 27.8 Å². The summed E-state index contributed by atoms with van der Waals surface area (Å²) in [7, 11) is 0. The number of nitrogens with two attached hydrogens (primary N) is 1. The number of hydrogen-bond acceptors (Lipinski definition) is 5. The smallest absolute Gasteiger partial charge is 0.294 e. The molecule has 0 saturated carbocycles. The van der Waals surface area contributed by atoms with Gasteiger partial charge in [-0.05, 0) is 25.5 Å². The summed E-state index contributed by atoms with van der Waals surface area (Å²) in [6.45, 7) is 3.54. The summed E-state index contributed by atoms with van der Waals surface area (Å²) < 4.78 is 0. The highest BCUT2D eigenvalue weighted by atomic mass is 16.6. The van der Waals surface area contributed by atoms with E-state index < -0.39 is 11.0 Å². The lowest BCUT2D eigenvalue weighted by Crippen LogP contribution is -2.17. The van der Waals surface area contributed by atoms with E-state index in [2.05, 4.69) is 5.32 Å². The van der Waals surface area contributed by atoms with Crippen LogP contribution in [0.2, 0.25) is 0 Å². The van der Waals surface area contributed by atoms with Crippen LogP contribution in [-0.4, -0.2) is 22.7 Å². The van der Waals surface area contributed by atoms with Crippen molar-refractivity contribution in [2.24, 2.45) is 0 Å². The molecule has 0 spiro atoms. The lowest BCUT2D eigenvalue weighted by molar-refractivity contribution is -0.383. The third kappa shape index (κ3) is 2.83. The average molecular weight is 225 g/mol. The Labute approximate surface area is 93.2 Å². The first-order chi connectivity index (χ1) is 7.41. The molecule has 0 radical (unpaired) electrons. The van der Waals surface area contributed by atoms with Gasteiger partial charge in [0.15, 0.2) is 0 Å². The second kappa shape index (κ2) is 4.80. The van der Waals surface area contributed by atoms with Crippen LogP contribution in [0.25, 0.3) is 0 Å². The van der Waals surface area contributed by atoms with Gasteiger partial charge in [0.05, 0.1) is 16.7 Å². The molecule has 1 unspecified atom stereocenters. The first-order valence-corrected chi connectivity index (χ1v) is 4.88. The maximum atomic E-state index is 10.8. The number of nitrogens with zero attached hydrogens (tertiary/aromatic N) is 1. The van der Waals surface area contributed by atoms with Crippen molar-refractivity contribution >= 4 is 17.1 Å². The van der Waals surface area contributed by atoms with Crippen LogP contribution in [0.5, 0.6) is 0 Å². The Morgan fingerprint density at radius 2 is 2.25 bits per heavy atom. The molecule has 0 aliphatic carbocycles. The van der Waals surface area contributed by atoms with E-state index in [0.717, 1.165) is 5.56 Å². The average Bonchev–Trinajstić information content (AvgIpc) is 2.14. The molecule has 6 nitrogen and oxygen atoms in total. The Morgan fingerprint density at radius 3 is 2.75 bits per heavy atom. The molecule has 1 aromatic rings. The molecule has 1 atom stereocenters. The van der Waals surface area contributed by atoms with Crippen molar-refractivity contribution in [1.82, 2.24) is 0 Å². The van der Waals surface area contributed by atoms with E-state index in [9.17, 15) is 10.1 Å². The van der Waals surface area contributed by atoms with Crippen LogP contribution in [0.15, 0.2) is 12.1 Å². The van der Waals surface area contributed by atoms with Gasteiger partial charge in [-0.2, -0.15) is 0 Å². The number of aliphatic hydroxyl groups is 1.